The van der Waals surface area contributed by atoms with Crippen molar-refractivity contribution in [3.8, 4) is 0 Å². The predicted octanol–water partition coefficient (Wildman–Crippen LogP) is 1.27. The van der Waals surface area contributed by atoms with Gasteiger partial charge in [0.2, 0.25) is 0 Å². The third kappa shape index (κ3) is 3.65. The molecule has 1 saturated heterocycles. The number of hydrogen-bond donors (Lipinski definition) is 2. The van der Waals surface area contributed by atoms with Gasteiger partial charge < -0.3 is 15.2 Å². The summed E-state index contributed by atoms with van der Waals surface area (Å²) in [5.41, 5.74) is 0.0187. The molecule has 6 heteroatoms. The molecule has 0 radical (unpaired) electrons. The number of halogens is 1. The van der Waals surface area contributed by atoms with Crippen LogP contribution in [0.3, 0.4) is 0 Å². The lowest BCUT2D eigenvalue weighted by Gasteiger charge is -2.26. The fourth-order valence-corrected chi connectivity index (χ4v) is 2.06. The average molecular weight is 268 g/mol. The quantitative estimate of drug-likeness (QED) is 0.842. The van der Waals surface area contributed by atoms with E-state index in [1.54, 1.807) is 6.07 Å². The van der Waals surface area contributed by atoms with Gasteiger partial charge in [-0.25, -0.2) is 9.18 Å². The summed E-state index contributed by atoms with van der Waals surface area (Å²) in [6.45, 7) is 4.54. The molecule has 0 aromatic heterocycles. The van der Waals surface area contributed by atoms with Gasteiger partial charge in [-0.05, 0) is 12.1 Å². The first kappa shape index (κ1) is 13.8. The van der Waals surface area contributed by atoms with Gasteiger partial charge in [0.25, 0.3) is 0 Å². The Hall–Kier alpha value is -1.66. The van der Waals surface area contributed by atoms with E-state index in [2.05, 4.69) is 10.2 Å². The Morgan fingerprint density at radius 3 is 2.84 bits per heavy atom. The van der Waals surface area contributed by atoms with Crippen LogP contribution in [-0.4, -0.2) is 55.4 Å². The second-order valence-corrected chi connectivity index (χ2v) is 4.35. The molecule has 1 fully saturated rings. The van der Waals surface area contributed by atoms with Gasteiger partial charge in [0.1, 0.15) is 11.4 Å². The van der Waals surface area contributed by atoms with Crippen LogP contribution >= 0.6 is 0 Å². The van der Waals surface area contributed by atoms with Crippen LogP contribution in [0.2, 0.25) is 0 Å². The Bertz CT molecular complexity index is 448. The number of carboxylic acids is 1. The fraction of sp³-hybridized carbons (Fsp3) is 0.462. The molecule has 1 aromatic rings. The number of anilines is 1. The summed E-state index contributed by atoms with van der Waals surface area (Å²) in [4.78, 5) is 13.2. The maximum atomic E-state index is 13.4. The third-order valence-corrected chi connectivity index (χ3v) is 3.07. The monoisotopic (exact) mass is 268 g/mol. The minimum atomic E-state index is -1.26. The molecule has 0 amide bonds. The van der Waals surface area contributed by atoms with Crippen LogP contribution in [0.1, 0.15) is 10.4 Å². The van der Waals surface area contributed by atoms with Crippen molar-refractivity contribution in [2.75, 3.05) is 44.7 Å². The number of morpholine rings is 1. The smallest absolute Gasteiger partial charge is 0.340 e. The average Bonchev–Trinajstić information content (AvgIpc) is 2.39. The highest BCUT2D eigenvalue weighted by atomic mass is 19.1. The first-order valence-corrected chi connectivity index (χ1v) is 6.24. The van der Waals surface area contributed by atoms with Crippen LogP contribution < -0.4 is 5.32 Å². The largest absolute Gasteiger partial charge is 0.478 e. The Kier molecular flexibility index (Phi) is 4.70. The number of rotatable bonds is 5. The van der Waals surface area contributed by atoms with Crippen molar-refractivity contribution >= 4 is 11.7 Å². The molecule has 0 saturated carbocycles. The molecule has 0 bridgehead atoms. The highest BCUT2D eigenvalue weighted by Gasteiger charge is 2.15. The van der Waals surface area contributed by atoms with Crippen molar-refractivity contribution in [2.24, 2.45) is 0 Å². The topological polar surface area (TPSA) is 61.8 Å². The third-order valence-electron chi connectivity index (χ3n) is 3.07. The normalized spacial score (nSPS) is 16.3. The summed E-state index contributed by atoms with van der Waals surface area (Å²) >= 11 is 0. The van der Waals surface area contributed by atoms with E-state index in [-0.39, 0.29) is 5.56 Å². The van der Waals surface area contributed by atoms with E-state index in [1.165, 1.54) is 6.07 Å². The Morgan fingerprint density at radius 1 is 1.42 bits per heavy atom. The molecule has 19 heavy (non-hydrogen) atoms. The van der Waals surface area contributed by atoms with E-state index >= 15 is 0 Å². The number of nitrogens with zero attached hydrogens (tertiary/aromatic N) is 1. The van der Waals surface area contributed by atoms with Gasteiger partial charge in [-0.1, -0.05) is 6.07 Å². The SMILES string of the molecule is O=C(O)c1c(F)cccc1NCCN1CCOCC1. The number of benzene rings is 1. The van der Waals surface area contributed by atoms with Gasteiger partial charge >= 0.3 is 5.97 Å². The highest BCUT2D eigenvalue weighted by molar-refractivity contribution is 5.94. The molecule has 0 atom stereocenters. The van der Waals surface area contributed by atoms with Crippen LogP contribution in [0.4, 0.5) is 10.1 Å². The molecule has 0 aliphatic carbocycles. The van der Waals surface area contributed by atoms with E-state index in [0.717, 1.165) is 38.9 Å². The van der Waals surface area contributed by atoms with Crippen LogP contribution in [-0.2, 0) is 4.74 Å². The number of ether oxygens (including phenoxy) is 1. The van der Waals surface area contributed by atoms with Gasteiger partial charge in [-0.2, -0.15) is 0 Å². The van der Waals surface area contributed by atoms with Crippen LogP contribution in [0, 0.1) is 5.82 Å². The van der Waals surface area contributed by atoms with Gasteiger partial charge in [0, 0.05) is 26.2 Å². The van der Waals surface area contributed by atoms with E-state index in [1.807, 2.05) is 0 Å². The minimum Gasteiger partial charge on any atom is -0.478 e. The lowest BCUT2D eigenvalue weighted by Crippen LogP contribution is -2.39. The van der Waals surface area contributed by atoms with Crippen LogP contribution in [0.15, 0.2) is 18.2 Å². The summed E-state index contributed by atoms with van der Waals surface area (Å²) in [5, 5.41) is 12.0. The van der Waals surface area contributed by atoms with Crippen molar-refractivity contribution < 1.29 is 19.0 Å². The number of hydrogen-bond acceptors (Lipinski definition) is 4. The molecule has 0 spiro atoms. The molecule has 1 heterocycles. The van der Waals surface area contributed by atoms with Crippen molar-refractivity contribution in [1.29, 1.82) is 0 Å². The maximum Gasteiger partial charge on any atom is 0.340 e. The van der Waals surface area contributed by atoms with Gasteiger partial charge in [0.05, 0.1) is 18.9 Å². The summed E-state index contributed by atoms with van der Waals surface area (Å²) in [7, 11) is 0. The molecule has 2 rings (SSSR count). The first-order valence-electron chi connectivity index (χ1n) is 6.24. The zero-order valence-electron chi connectivity index (χ0n) is 10.6. The van der Waals surface area contributed by atoms with E-state index in [0.29, 0.717) is 12.2 Å². The second-order valence-electron chi connectivity index (χ2n) is 4.35. The van der Waals surface area contributed by atoms with E-state index in [4.69, 9.17) is 9.84 Å². The molecule has 2 N–H and O–H groups in total. The van der Waals surface area contributed by atoms with Gasteiger partial charge in [-0.15, -0.1) is 0 Å². The summed E-state index contributed by atoms with van der Waals surface area (Å²) in [5.74, 6) is -1.98. The molecule has 0 unspecified atom stereocenters. The predicted molar refractivity (Wildman–Crippen MR) is 69.1 cm³/mol. The second kappa shape index (κ2) is 6.49. The molecular formula is C13H17FN2O3. The van der Waals surface area contributed by atoms with Crippen molar-refractivity contribution in [1.82, 2.24) is 4.90 Å². The molecule has 5 nitrogen and oxygen atoms in total. The fourth-order valence-electron chi connectivity index (χ4n) is 2.06. The van der Waals surface area contributed by atoms with Gasteiger partial charge in [0.15, 0.2) is 0 Å². The van der Waals surface area contributed by atoms with Crippen molar-refractivity contribution in [3.05, 3.63) is 29.6 Å². The summed E-state index contributed by atoms with van der Waals surface area (Å²) in [6.07, 6.45) is 0. The zero-order chi connectivity index (χ0) is 13.7. The molecular weight excluding hydrogens is 251 g/mol. The number of nitrogens with one attached hydrogen (secondary N) is 1. The lowest BCUT2D eigenvalue weighted by atomic mass is 10.1. The first-order chi connectivity index (χ1) is 9.18. The van der Waals surface area contributed by atoms with Crippen molar-refractivity contribution in [3.63, 3.8) is 0 Å². The van der Waals surface area contributed by atoms with E-state index < -0.39 is 11.8 Å². The Balaban J connectivity index is 1.92. The highest BCUT2D eigenvalue weighted by Crippen LogP contribution is 2.18. The molecule has 1 aliphatic rings. The summed E-state index contributed by atoms with van der Waals surface area (Å²) in [6, 6.07) is 4.22. The van der Waals surface area contributed by atoms with Gasteiger partial charge in [-0.3, -0.25) is 4.90 Å². The standard InChI is InChI=1S/C13H17FN2O3/c14-10-2-1-3-11(12(10)13(17)18)15-4-5-16-6-8-19-9-7-16/h1-3,15H,4-9H2,(H,17,18). The zero-order valence-corrected chi connectivity index (χ0v) is 10.6. The van der Waals surface area contributed by atoms with Crippen LogP contribution in [0.25, 0.3) is 0 Å². The molecule has 104 valence electrons. The molecule has 1 aliphatic heterocycles. The maximum absolute atomic E-state index is 13.4. The van der Waals surface area contributed by atoms with Crippen molar-refractivity contribution in [2.45, 2.75) is 0 Å². The lowest BCUT2D eigenvalue weighted by molar-refractivity contribution is 0.0398. The summed E-state index contributed by atoms with van der Waals surface area (Å²) < 4.78 is 18.7. The number of carbonyl (C=O) groups is 1. The van der Waals surface area contributed by atoms with E-state index in [9.17, 15) is 9.18 Å². The molecule has 1 aromatic carbocycles. The van der Waals surface area contributed by atoms with Crippen LogP contribution in [0.5, 0.6) is 0 Å². The Labute approximate surface area is 111 Å². The Morgan fingerprint density at radius 2 is 2.16 bits per heavy atom. The number of aromatic carboxylic acids is 1. The minimum absolute atomic E-state index is 0.301. The number of carboxylic acid groups (broad SMARTS) is 1.